The first-order valence-electron chi connectivity index (χ1n) is 5.38. The van der Waals surface area contributed by atoms with E-state index in [0.717, 1.165) is 4.90 Å². The van der Waals surface area contributed by atoms with Crippen LogP contribution < -0.4 is 5.32 Å². The van der Waals surface area contributed by atoms with E-state index in [1.807, 2.05) is 0 Å². The summed E-state index contributed by atoms with van der Waals surface area (Å²) in [6, 6.07) is 0.703. The molecular formula is C11H8N2O4S. The van der Waals surface area contributed by atoms with Crippen LogP contribution in [0.2, 0.25) is 0 Å². The quantitative estimate of drug-likeness (QED) is 0.732. The van der Waals surface area contributed by atoms with Crippen molar-refractivity contribution in [2.24, 2.45) is 0 Å². The molecule has 1 fully saturated rings. The fraction of sp³-hybridized carbons (Fsp3) is 0.273. The SMILES string of the molecule is O=C1CCC(N2C(=O)c3ccsc3C2=O)C(=O)N1. The molecule has 3 heterocycles. The highest BCUT2D eigenvalue weighted by molar-refractivity contribution is 7.12. The number of fused-ring (bicyclic) bond motifs is 1. The van der Waals surface area contributed by atoms with Gasteiger partial charge in [-0.25, -0.2) is 0 Å². The van der Waals surface area contributed by atoms with E-state index in [9.17, 15) is 19.2 Å². The smallest absolute Gasteiger partial charge is 0.272 e. The van der Waals surface area contributed by atoms with Gasteiger partial charge in [-0.1, -0.05) is 0 Å². The Morgan fingerprint density at radius 3 is 2.67 bits per heavy atom. The van der Waals surface area contributed by atoms with Gasteiger partial charge in [-0.2, -0.15) is 0 Å². The minimum atomic E-state index is -0.873. The molecule has 2 aliphatic heterocycles. The Morgan fingerprint density at radius 1 is 1.22 bits per heavy atom. The van der Waals surface area contributed by atoms with Gasteiger partial charge in [-0.15, -0.1) is 11.3 Å². The molecule has 2 aliphatic rings. The van der Waals surface area contributed by atoms with E-state index < -0.39 is 23.8 Å². The lowest BCUT2D eigenvalue weighted by Crippen LogP contribution is -2.54. The van der Waals surface area contributed by atoms with Crippen molar-refractivity contribution in [3.8, 4) is 0 Å². The molecular weight excluding hydrogens is 256 g/mol. The zero-order chi connectivity index (χ0) is 12.9. The van der Waals surface area contributed by atoms with Crippen LogP contribution in [-0.4, -0.2) is 34.6 Å². The molecule has 0 radical (unpaired) electrons. The molecule has 0 bridgehead atoms. The van der Waals surface area contributed by atoms with Crippen LogP contribution in [0.1, 0.15) is 32.9 Å². The van der Waals surface area contributed by atoms with Crippen molar-refractivity contribution in [3.63, 3.8) is 0 Å². The summed E-state index contributed by atoms with van der Waals surface area (Å²) in [5.41, 5.74) is 0.342. The summed E-state index contributed by atoms with van der Waals surface area (Å²) in [5.74, 6) is -1.85. The fourth-order valence-corrected chi connectivity index (χ4v) is 3.01. The summed E-state index contributed by atoms with van der Waals surface area (Å²) >= 11 is 1.18. The topological polar surface area (TPSA) is 83.6 Å². The van der Waals surface area contributed by atoms with Crippen molar-refractivity contribution in [2.75, 3.05) is 0 Å². The normalized spacial score (nSPS) is 23.3. The summed E-state index contributed by atoms with van der Waals surface area (Å²) in [7, 11) is 0. The Kier molecular flexibility index (Phi) is 2.30. The van der Waals surface area contributed by atoms with Gasteiger partial charge in [0.2, 0.25) is 11.8 Å². The number of rotatable bonds is 1. The number of piperidine rings is 1. The van der Waals surface area contributed by atoms with E-state index in [1.165, 1.54) is 11.3 Å². The lowest BCUT2D eigenvalue weighted by molar-refractivity contribution is -0.136. The van der Waals surface area contributed by atoms with Crippen molar-refractivity contribution >= 4 is 35.0 Å². The van der Waals surface area contributed by atoms with Crippen LogP contribution in [0.25, 0.3) is 0 Å². The fourth-order valence-electron chi connectivity index (χ4n) is 2.19. The highest BCUT2D eigenvalue weighted by Crippen LogP contribution is 2.30. The molecule has 1 aromatic heterocycles. The summed E-state index contributed by atoms with van der Waals surface area (Å²) in [4.78, 5) is 48.1. The Morgan fingerprint density at radius 2 is 2.00 bits per heavy atom. The Bertz CT molecular complexity index is 561. The molecule has 0 spiro atoms. The molecule has 0 aromatic carbocycles. The van der Waals surface area contributed by atoms with Crippen LogP contribution in [0.4, 0.5) is 0 Å². The molecule has 1 atom stereocenters. The van der Waals surface area contributed by atoms with Crippen LogP contribution in [0.15, 0.2) is 11.4 Å². The molecule has 3 rings (SSSR count). The minimum Gasteiger partial charge on any atom is -0.295 e. The number of carbonyl (C=O) groups is 4. The standard InChI is InChI=1S/C11H8N2O4S/c14-7-2-1-6(9(15)12-7)13-10(16)5-3-4-18-8(5)11(13)17/h3-4,6H,1-2H2,(H,12,14,15). The third-order valence-corrected chi connectivity index (χ3v) is 3.95. The second-order valence-corrected chi connectivity index (χ2v) is 5.03. The first-order chi connectivity index (χ1) is 8.59. The molecule has 1 unspecified atom stereocenters. The number of imide groups is 2. The van der Waals surface area contributed by atoms with Crippen molar-refractivity contribution in [3.05, 3.63) is 21.9 Å². The van der Waals surface area contributed by atoms with Gasteiger partial charge in [0.15, 0.2) is 0 Å². The number of hydrogen-bond donors (Lipinski definition) is 1. The minimum absolute atomic E-state index is 0.140. The molecule has 0 saturated carbocycles. The van der Waals surface area contributed by atoms with Crippen molar-refractivity contribution < 1.29 is 19.2 Å². The highest BCUT2D eigenvalue weighted by atomic mass is 32.1. The molecule has 4 amide bonds. The number of nitrogens with zero attached hydrogens (tertiary/aromatic N) is 1. The van der Waals surface area contributed by atoms with Gasteiger partial charge < -0.3 is 0 Å². The van der Waals surface area contributed by atoms with Crippen molar-refractivity contribution in [1.29, 1.82) is 0 Å². The lowest BCUT2D eigenvalue weighted by atomic mass is 10.0. The average Bonchev–Trinajstić information content (AvgIpc) is 2.87. The lowest BCUT2D eigenvalue weighted by Gasteiger charge is -2.27. The summed E-state index contributed by atoms with van der Waals surface area (Å²) in [6.07, 6.45) is 0.332. The third-order valence-electron chi connectivity index (χ3n) is 3.05. The zero-order valence-electron chi connectivity index (χ0n) is 9.13. The van der Waals surface area contributed by atoms with Gasteiger partial charge in [0, 0.05) is 6.42 Å². The number of nitrogens with one attached hydrogen (secondary N) is 1. The molecule has 92 valence electrons. The van der Waals surface area contributed by atoms with Crippen LogP contribution in [0.5, 0.6) is 0 Å². The van der Waals surface area contributed by atoms with Gasteiger partial charge in [-0.3, -0.25) is 29.4 Å². The predicted molar refractivity (Wildman–Crippen MR) is 61.0 cm³/mol. The average molecular weight is 264 g/mol. The van der Waals surface area contributed by atoms with Gasteiger partial charge in [0.1, 0.15) is 10.9 Å². The van der Waals surface area contributed by atoms with Gasteiger partial charge in [0.25, 0.3) is 11.8 Å². The summed E-state index contributed by atoms with van der Waals surface area (Å²) in [6.45, 7) is 0. The number of hydrogen-bond acceptors (Lipinski definition) is 5. The van der Waals surface area contributed by atoms with Crippen LogP contribution in [0.3, 0.4) is 0 Å². The van der Waals surface area contributed by atoms with Crippen molar-refractivity contribution in [2.45, 2.75) is 18.9 Å². The van der Waals surface area contributed by atoms with Crippen LogP contribution in [0, 0.1) is 0 Å². The Labute approximate surface area is 106 Å². The van der Waals surface area contributed by atoms with E-state index >= 15 is 0 Å². The Balaban J connectivity index is 1.93. The summed E-state index contributed by atoms with van der Waals surface area (Å²) < 4.78 is 0. The molecule has 1 saturated heterocycles. The molecule has 18 heavy (non-hydrogen) atoms. The van der Waals surface area contributed by atoms with E-state index in [1.54, 1.807) is 11.4 Å². The first-order valence-corrected chi connectivity index (χ1v) is 6.26. The van der Waals surface area contributed by atoms with Gasteiger partial charge in [-0.05, 0) is 17.9 Å². The molecule has 0 aliphatic carbocycles. The maximum atomic E-state index is 12.0. The third kappa shape index (κ3) is 1.40. The van der Waals surface area contributed by atoms with E-state index in [0.29, 0.717) is 10.4 Å². The van der Waals surface area contributed by atoms with Crippen LogP contribution >= 0.6 is 11.3 Å². The number of carbonyl (C=O) groups excluding carboxylic acids is 4. The van der Waals surface area contributed by atoms with Crippen molar-refractivity contribution in [1.82, 2.24) is 10.2 Å². The summed E-state index contributed by atoms with van der Waals surface area (Å²) in [5, 5.41) is 3.81. The van der Waals surface area contributed by atoms with E-state index in [-0.39, 0.29) is 18.7 Å². The van der Waals surface area contributed by atoms with Gasteiger partial charge >= 0.3 is 0 Å². The monoisotopic (exact) mass is 264 g/mol. The molecule has 6 nitrogen and oxygen atoms in total. The highest BCUT2D eigenvalue weighted by Gasteiger charge is 2.45. The zero-order valence-corrected chi connectivity index (χ0v) is 9.95. The molecule has 1 N–H and O–H groups in total. The van der Waals surface area contributed by atoms with E-state index in [2.05, 4.69) is 5.32 Å². The predicted octanol–water partition coefficient (Wildman–Crippen LogP) is 0.149. The molecule has 7 heteroatoms. The number of amides is 4. The maximum absolute atomic E-state index is 12.0. The van der Waals surface area contributed by atoms with E-state index in [4.69, 9.17) is 0 Å². The van der Waals surface area contributed by atoms with Crippen LogP contribution in [-0.2, 0) is 9.59 Å². The largest absolute Gasteiger partial charge is 0.295 e. The molecule has 1 aromatic rings. The van der Waals surface area contributed by atoms with Gasteiger partial charge in [0.05, 0.1) is 5.56 Å². The number of thiophene rings is 1. The second-order valence-electron chi connectivity index (χ2n) is 4.11. The first kappa shape index (κ1) is 11.1. The maximum Gasteiger partial charge on any atom is 0.272 e. The second kappa shape index (κ2) is 3.74. The Hall–Kier alpha value is -2.02.